The van der Waals surface area contributed by atoms with Gasteiger partial charge in [0, 0.05) is 29.2 Å². The Morgan fingerprint density at radius 3 is 2.43 bits per heavy atom. The van der Waals surface area contributed by atoms with Gasteiger partial charge in [-0.15, -0.1) is 0 Å². The molecular weight excluding hydrogens is 307 g/mol. The molecule has 5 heteroatoms. The SMILES string of the molecule is CN(C)CCCOc1c(Cl)cc(Cl)cc1CNC(C)(C)C. The molecule has 1 aromatic rings. The zero-order valence-corrected chi connectivity index (χ0v) is 15.1. The Bertz CT molecular complexity index is 456. The number of rotatable bonds is 7. The second-order valence-electron chi connectivity index (χ2n) is 6.48. The highest BCUT2D eigenvalue weighted by Crippen LogP contribution is 2.32. The number of hydrogen-bond donors (Lipinski definition) is 1. The molecule has 120 valence electrons. The highest BCUT2D eigenvalue weighted by molar-refractivity contribution is 6.35. The molecule has 21 heavy (non-hydrogen) atoms. The maximum Gasteiger partial charge on any atom is 0.142 e. The fourth-order valence-electron chi connectivity index (χ4n) is 1.82. The molecule has 0 radical (unpaired) electrons. The van der Waals surface area contributed by atoms with Gasteiger partial charge < -0.3 is 15.0 Å². The highest BCUT2D eigenvalue weighted by atomic mass is 35.5. The van der Waals surface area contributed by atoms with E-state index in [1.165, 1.54) is 0 Å². The van der Waals surface area contributed by atoms with Gasteiger partial charge in [0.25, 0.3) is 0 Å². The Morgan fingerprint density at radius 2 is 1.86 bits per heavy atom. The number of halogens is 2. The van der Waals surface area contributed by atoms with Crippen molar-refractivity contribution in [2.75, 3.05) is 27.2 Å². The average Bonchev–Trinajstić information content (AvgIpc) is 2.32. The standard InChI is InChI=1S/C16H26Cl2N2O/c1-16(2,3)19-11-12-9-13(17)10-14(18)15(12)21-8-6-7-20(4)5/h9-10,19H,6-8,11H2,1-5H3. The minimum Gasteiger partial charge on any atom is -0.492 e. The van der Waals surface area contributed by atoms with Crippen LogP contribution in [0.5, 0.6) is 5.75 Å². The Balaban J connectivity index is 2.75. The maximum absolute atomic E-state index is 6.28. The van der Waals surface area contributed by atoms with Crippen molar-refractivity contribution in [1.29, 1.82) is 0 Å². The van der Waals surface area contributed by atoms with Gasteiger partial charge in [-0.3, -0.25) is 0 Å². The summed E-state index contributed by atoms with van der Waals surface area (Å²) in [5, 5.41) is 4.63. The van der Waals surface area contributed by atoms with Crippen LogP contribution in [0.15, 0.2) is 12.1 Å². The van der Waals surface area contributed by atoms with Crippen LogP contribution in [0, 0.1) is 0 Å². The number of benzene rings is 1. The van der Waals surface area contributed by atoms with Crippen molar-refractivity contribution in [2.45, 2.75) is 39.3 Å². The minimum absolute atomic E-state index is 0.0248. The summed E-state index contributed by atoms with van der Waals surface area (Å²) in [4.78, 5) is 2.13. The van der Waals surface area contributed by atoms with Crippen molar-refractivity contribution in [3.05, 3.63) is 27.7 Å². The number of nitrogens with zero attached hydrogens (tertiary/aromatic N) is 1. The summed E-state index contributed by atoms with van der Waals surface area (Å²) in [5.74, 6) is 0.733. The zero-order valence-electron chi connectivity index (χ0n) is 13.6. The van der Waals surface area contributed by atoms with Crippen LogP contribution in [0.3, 0.4) is 0 Å². The van der Waals surface area contributed by atoms with E-state index in [0.29, 0.717) is 23.2 Å². The third-order valence-corrected chi connectivity index (χ3v) is 3.39. The summed E-state index contributed by atoms with van der Waals surface area (Å²) in [5.41, 5.74) is 1.02. The smallest absolute Gasteiger partial charge is 0.142 e. The third kappa shape index (κ3) is 7.37. The van der Waals surface area contributed by atoms with Crippen LogP contribution in [-0.4, -0.2) is 37.7 Å². The maximum atomic E-state index is 6.28. The lowest BCUT2D eigenvalue weighted by Crippen LogP contribution is -2.35. The van der Waals surface area contributed by atoms with Crippen LogP contribution in [0.1, 0.15) is 32.8 Å². The second kappa shape index (κ2) is 8.23. The van der Waals surface area contributed by atoms with Gasteiger partial charge in [0.05, 0.1) is 11.6 Å². The van der Waals surface area contributed by atoms with Gasteiger partial charge in [-0.1, -0.05) is 23.2 Å². The van der Waals surface area contributed by atoms with E-state index >= 15 is 0 Å². The predicted octanol–water partition coefficient (Wildman–Crippen LogP) is 4.21. The summed E-state index contributed by atoms with van der Waals surface area (Å²) in [6, 6.07) is 3.64. The second-order valence-corrected chi connectivity index (χ2v) is 7.33. The van der Waals surface area contributed by atoms with Gasteiger partial charge in [0.15, 0.2) is 0 Å². The Hall–Kier alpha value is -0.480. The predicted molar refractivity (Wildman–Crippen MR) is 91.7 cm³/mol. The van der Waals surface area contributed by atoms with E-state index in [-0.39, 0.29) is 5.54 Å². The lowest BCUT2D eigenvalue weighted by molar-refractivity contribution is 0.278. The van der Waals surface area contributed by atoms with Crippen LogP contribution in [0.2, 0.25) is 10.0 Å². The number of nitrogens with one attached hydrogen (secondary N) is 1. The van der Waals surface area contributed by atoms with Gasteiger partial charge in [-0.2, -0.15) is 0 Å². The van der Waals surface area contributed by atoms with Crippen molar-refractivity contribution >= 4 is 23.2 Å². The number of hydrogen-bond acceptors (Lipinski definition) is 3. The van der Waals surface area contributed by atoms with E-state index < -0.39 is 0 Å². The van der Waals surface area contributed by atoms with E-state index in [1.54, 1.807) is 6.07 Å². The van der Waals surface area contributed by atoms with E-state index in [1.807, 2.05) is 20.2 Å². The molecule has 0 aliphatic carbocycles. The average molecular weight is 333 g/mol. The molecule has 0 aliphatic heterocycles. The molecule has 0 spiro atoms. The largest absolute Gasteiger partial charge is 0.492 e. The van der Waals surface area contributed by atoms with Gasteiger partial charge >= 0.3 is 0 Å². The molecule has 0 atom stereocenters. The molecule has 0 saturated carbocycles. The fourth-order valence-corrected chi connectivity index (χ4v) is 2.41. The quantitative estimate of drug-likeness (QED) is 0.757. The summed E-state index contributed by atoms with van der Waals surface area (Å²) >= 11 is 12.4. The van der Waals surface area contributed by atoms with Crippen molar-refractivity contribution in [2.24, 2.45) is 0 Å². The topological polar surface area (TPSA) is 24.5 Å². The van der Waals surface area contributed by atoms with Crippen LogP contribution in [-0.2, 0) is 6.54 Å². The van der Waals surface area contributed by atoms with Crippen molar-refractivity contribution in [1.82, 2.24) is 10.2 Å². The van der Waals surface area contributed by atoms with Crippen molar-refractivity contribution in [3.63, 3.8) is 0 Å². The third-order valence-electron chi connectivity index (χ3n) is 2.89. The zero-order chi connectivity index (χ0) is 16.0. The lowest BCUT2D eigenvalue weighted by Gasteiger charge is -2.22. The first kappa shape index (κ1) is 18.6. The Labute approximate surface area is 138 Å². The van der Waals surface area contributed by atoms with E-state index in [0.717, 1.165) is 24.3 Å². The Morgan fingerprint density at radius 1 is 1.19 bits per heavy atom. The molecule has 0 unspecified atom stereocenters. The molecule has 0 saturated heterocycles. The number of ether oxygens (including phenoxy) is 1. The molecular formula is C16H26Cl2N2O. The van der Waals surface area contributed by atoms with E-state index in [2.05, 4.69) is 31.0 Å². The van der Waals surface area contributed by atoms with Gasteiger partial charge in [-0.25, -0.2) is 0 Å². The van der Waals surface area contributed by atoms with Crippen LogP contribution < -0.4 is 10.1 Å². The summed E-state index contributed by atoms with van der Waals surface area (Å²) in [7, 11) is 4.10. The minimum atomic E-state index is 0.0248. The van der Waals surface area contributed by atoms with Gasteiger partial charge in [-0.05, 0) is 53.4 Å². The van der Waals surface area contributed by atoms with Crippen LogP contribution in [0.4, 0.5) is 0 Å². The van der Waals surface area contributed by atoms with Gasteiger partial charge in [0.1, 0.15) is 5.75 Å². The molecule has 1 N–H and O–H groups in total. The van der Waals surface area contributed by atoms with E-state index in [4.69, 9.17) is 27.9 Å². The molecule has 1 rings (SSSR count). The van der Waals surface area contributed by atoms with Crippen LogP contribution in [0.25, 0.3) is 0 Å². The van der Waals surface area contributed by atoms with Gasteiger partial charge in [0.2, 0.25) is 0 Å². The molecule has 0 amide bonds. The molecule has 1 aromatic carbocycles. The van der Waals surface area contributed by atoms with Crippen molar-refractivity contribution in [3.8, 4) is 5.75 Å². The summed E-state index contributed by atoms with van der Waals surface area (Å²) < 4.78 is 5.88. The molecule has 0 fully saturated rings. The van der Waals surface area contributed by atoms with Crippen LogP contribution >= 0.6 is 23.2 Å². The fraction of sp³-hybridized carbons (Fsp3) is 0.625. The highest BCUT2D eigenvalue weighted by Gasteiger charge is 2.14. The summed E-state index contributed by atoms with van der Waals surface area (Å²) in [6.07, 6.45) is 0.956. The molecule has 0 aromatic heterocycles. The molecule has 0 aliphatic rings. The van der Waals surface area contributed by atoms with Crippen molar-refractivity contribution < 1.29 is 4.74 Å². The Kier molecular flexibility index (Phi) is 7.28. The first-order valence-electron chi connectivity index (χ1n) is 7.19. The van der Waals surface area contributed by atoms with E-state index in [9.17, 15) is 0 Å². The first-order valence-corrected chi connectivity index (χ1v) is 7.95. The molecule has 3 nitrogen and oxygen atoms in total. The summed E-state index contributed by atoms with van der Waals surface area (Å²) in [6.45, 7) is 8.67. The molecule has 0 bridgehead atoms. The normalized spacial score (nSPS) is 12.0. The lowest BCUT2D eigenvalue weighted by atomic mass is 10.1. The monoisotopic (exact) mass is 332 g/mol. The first-order chi connectivity index (χ1) is 9.69. The molecule has 0 heterocycles.